The first-order valence-electron chi connectivity index (χ1n) is 13.5. The number of imidazole rings is 1. The summed E-state index contributed by atoms with van der Waals surface area (Å²) in [7, 11) is 4.18. The van der Waals surface area contributed by atoms with Crippen LogP contribution in [0.3, 0.4) is 0 Å². The van der Waals surface area contributed by atoms with E-state index >= 15 is 0 Å². The smallest absolute Gasteiger partial charge is 0.310 e. The summed E-state index contributed by atoms with van der Waals surface area (Å²) in [5.74, 6) is 1.29. The van der Waals surface area contributed by atoms with Crippen LogP contribution in [0.2, 0.25) is 0 Å². The molecule has 3 aromatic rings. The molecule has 5 rings (SSSR count). The summed E-state index contributed by atoms with van der Waals surface area (Å²) in [6.45, 7) is 7.46. The summed E-state index contributed by atoms with van der Waals surface area (Å²) in [4.78, 5) is 35.1. The van der Waals surface area contributed by atoms with E-state index in [2.05, 4.69) is 100 Å². The molecule has 2 N–H and O–H groups in total. The molecule has 2 aromatic carbocycles. The molecule has 1 amide bonds. The van der Waals surface area contributed by atoms with Crippen LogP contribution in [0.25, 0.3) is 0 Å². The number of likely N-dealkylation sites (tertiary alicyclic amines) is 2. The Labute approximate surface area is 253 Å². The highest BCUT2D eigenvalue weighted by Gasteiger charge is 2.38. The Hall–Kier alpha value is -2.53. The number of ether oxygens (including phenoxy) is 1. The van der Waals surface area contributed by atoms with Crippen LogP contribution < -0.4 is 5.32 Å². The van der Waals surface area contributed by atoms with E-state index < -0.39 is 0 Å². The van der Waals surface area contributed by atoms with E-state index in [1.54, 1.807) is 0 Å². The highest BCUT2D eigenvalue weighted by molar-refractivity contribution is 9.10. The van der Waals surface area contributed by atoms with Gasteiger partial charge in [0.1, 0.15) is 0 Å². The second kappa shape index (κ2) is 13.9. The van der Waals surface area contributed by atoms with Crippen molar-refractivity contribution in [2.24, 2.45) is 5.92 Å². The van der Waals surface area contributed by atoms with Gasteiger partial charge < -0.3 is 19.5 Å². The number of hydrogen-bond acceptors (Lipinski definition) is 6. The zero-order valence-corrected chi connectivity index (χ0v) is 26.5. The first kappa shape index (κ1) is 30.4. The van der Waals surface area contributed by atoms with Gasteiger partial charge in [-0.1, -0.05) is 56.1 Å². The molecule has 0 spiro atoms. The minimum atomic E-state index is -0.117. The first-order valence-corrected chi connectivity index (χ1v) is 15.1. The average Bonchev–Trinajstić information content (AvgIpc) is 3.63. The third-order valence-electron chi connectivity index (χ3n) is 7.48. The molecule has 0 unspecified atom stereocenters. The molecule has 2 aliphatic heterocycles. The molecule has 214 valence electrons. The number of H-pyrrole nitrogens is 1. The van der Waals surface area contributed by atoms with Crippen LogP contribution in [0.4, 0.5) is 5.95 Å². The number of aromatic nitrogens is 2. The van der Waals surface area contributed by atoms with E-state index in [1.807, 2.05) is 32.3 Å². The van der Waals surface area contributed by atoms with Gasteiger partial charge in [0.25, 0.3) is 0 Å². The van der Waals surface area contributed by atoms with Gasteiger partial charge in [-0.2, -0.15) is 0 Å². The summed E-state index contributed by atoms with van der Waals surface area (Å²) in [6, 6.07) is 16.7. The number of amides is 1. The van der Waals surface area contributed by atoms with E-state index in [0.717, 1.165) is 40.8 Å². The highest BCUT2D eigenvalue weighted by Crippen LogP contribution is 2.39. The molecule has 3 heterocycles. The fourth-order valence-electron chi connectivity index (χ4n) is 5.65. The van der Waals surface area contributed by atoms with Gasteiger partial charge >= 0.3 is 5.97 Å². The van der Waals surface area contributed by atoms with Crippen LogP contribution in [-0.4, -0.2) is 78.5 Å². The molecule has 0 bridgehead atoms. The molecule has 4 atom stereocenters. The van der Waals surface area contributed by atoms with Gasteiger partial charge in [-0.15, -0.1) is 0 Å². The third-order valence-corrected chi connectivity index (χ3v) is 8.54. The third kappa shape index (κ3) is 7.81. The molecule has 10 heteroatoms. The summed E-state index contributed by atoms with van der Waals surface area (Å²) in [6.07, 6.45) is 1.83. The Morgan fingerprint density at radius 2 is 1.43 bits per heavy atom. The van der Waals surface area contributed by atoms with Crippen LogP contribution in [0.15, 0.2) is 63.7 Å². The molecule has 1 aromatic heterocycles. The second-order valence-corrected chi connectivity index (χ2v) is 12.4. The number of halogens is 2. The Bertz CT molecular complexity index is 1280. The Balaban J connectivity index is 0.000000189. The number of likely N-dealkylation sites (N-methyl/N-ethyl adjacent to an activating group) is 2. The van der Waals surface area contributed by atoms with E-state index in [0.29, 0.717) is 24.4 Å². The Morgan fingerprint density at radius 1 is 0.900 bits per heavy atom. The largest absolute Gasteiger partial charge is 0.466 e. The molecule has 2 aliphatic rings. The summed E-state index contributed by atoms with van der Waals surface area (Å²) in [5.41, 5.74) is 3.61. The maximum absolute atomic E-state index is 12.0. The number of nitrogens with one attached hydrogen (secondary N) is 2. The van der Waals surface area contributed by atoms with Crippen LogP contribution in [0.5, 0.6) is 0 Å². The monoisotopic (exact) mass is 673 g/mol. The van der Waals surface area contributed by atoms with Gasteiger partial charge in [0.2, 0.25) is 11.9 Å². The number of carbonyl (C=O) groups excluding carboxylic acids is 2. The zero-order chi connectivity index (χ0) is 28.8. The predicted molar refractivity (Wildman–Crippen MR) is 165 cm³/mol. The SMILES string of the molecule is CC(=O)Nc1ncc([C@H]2CN(C)C[C@@H]2c2ccc(Br)cc2)[nH]1.CCOC(=O)[C@H]1CN(C)C[C@@H]1c1ccc(Br)cc1. The number of rotatable bonds is 6. The molecular weight excluding hydrogens is 638 g/mol. The zero-order valence-electron chi connectivity index (χ0n) is 23.4. The topological polar surface area (TPSA) is 90.6 Å². The first-order chi connectivity index (χ1) is 19.1. The molecule has 0 radical (unpaired) electrons. The van der Waals surface area contributed by atoms with E-state index in [4.69, 9.17) is 4.74 Å². The molecule has 0 saturated carbocycles. The van der Waals surface area contributed by atoms with Gasteiger partial charge in [0, 0.05) is 65.5 Å². The van der Waals surface area contributed by atoms with Gasteiger partial charge in [0.15, 0.2) is 0 Å². The van der Waals surface area contributed by atoms with Gasteiger partial charge in [-0.05, 0) is 56.4 Å². The van der Waals surface area contributed by atoms with E-state index in [1.165, 1.54) is 18.1 Å². The molecular formula is C30H37Br2N5O3. The maximum Gasteiger partial charge on any atom is 0.310 e. The number of anilines is 1. The standard InChI is InChI=1S/C16H19BrN4O.C14H18BrNO2/c1-10(22)19-16-18-7-15(20-16)14-9-21(2)8-13(14)11-3-5-12(17)6-4-11;1-3-18-14(17)13-9-16(2)8-12(13)10-4-6-11(15)7-5-10/h3-7,13-14H,8-9H2,1-2H3,(H2,18,19,20,22);4-7,12-13H,3,8-9H2,1-2H3/t13-,14+;12-,13+/m11/s1. The van der Waals surface area contributed by atoms with Crippen molar-refractivity contribution in [1.82, 2.24) is 19.8 Å². The molecule has 2 fully saturated rings. The number of hydrogen-bond donors (Lipinski definition) is 2. The Kier molecular flexibility index (Phi) is 10.6. The number of benzene rings is 2. The Morgan fingerprint density at radius 3 is 2.00 bits per heavy atom. The van der Waals surface area contributed by atoms with Crippen molar-refractivity contribution in [3.05, 3.63) is 80.5 Å². The van der Waals surface area contributed by atoms with Crippen LogP contribution in [0, 0.1) is 5.92 Å². The average molecular weight is 675 g/mol. The van der Waals surface area contributed by atoms with Crippen molar-refractivity contribution < 1.29 is 14.3 Å². The predicted octanol–water partition coefficient (Wildman–Crippen LogP) is 5.60. The summed E-state index contributed by atoms with van der Waals surface area (Å²) >= 11 is 6.92. The van der Waals surface area contributed by atoms with Crippen LogP contribution in [0.1, 0.15) is 48.4 Å². The van der Waals surface area contributed by atoms with Crippen molar-refractivity contribution in [2.45, 2.75) is 31.6 Å². The lowest BCUT2D eigenvalue weighted by Gasteiger charge is -2.17. The maximum atomic E-state index is 12.0. The minimum absolute atomic E-state index is 0.0453. The second-order valence-electron chi connectivity index (χ2n) is 10.6. The van der Waals surface area contributed by atoms with Crippen molar-refractivity contribution >= 4 is 49.7 Å². The minimum Gasteiger partial charge on any atom is -0.466 e. The lowest BCUT2D eigenvalue weighted by Crippen LogP contribution is -2.24. The number of esters is 1. The lowest BCUT2D eigenvalue weighted by molar-refractivity contribution is -0.148. The van der Waals surface area contributed by atoms with Crippen LogP contribution >= 0.6 is 31.9 Å². The fourth-order valence-corrected chi connectivity index (χ4v) is 6.18. The molecule has 0 aliphatic carbocycles. The number of carbonyl (C=O) groups is 2. The van der Waals surface area contributed by atoms with Crippen molar-refractivity contribution in [1.29, 1.82) is 0 Å². The fraction of sp³-hybridized carbons (Fsp3) is 0.433. The van der Waals surface area contributed by atoms with Crippen molar-refractivity contribution in [3.63, 3.8) is 0 Å². The molecule has 2 saturated heterocycles. The van der Waals surface area contributed by atoms with Crippen LogP contribution in [-0.2, 0) is 14.3 Å². The van der Waals surface area contributed by atoms with Gasteiger partial charge in [-0.25, -0.2) is 4.98 Å². The highest BCUT2D eigenvalue weighted by atomic mass is 79.9. The van der Waals surface area contributed by atoms with E-state index in [-0.39, 0.29) is 23.7 Å². The van der Waals surface area contributed by atoms with Gasteiger partial charge in [-0.3, -0.25) is 14.9 Å². The normalized spacial score (nSPS) is 22.9. The lowest BCUT2D eigenvalue weighted by atomic mass is 9.87. The quantitative estimate of drug-likeness (QED) is 0.331. The summed E-state index contributed by atoms with van der Waals surface area (Å²) < 4.78 is 7.33. The number of aromatic amines is 1. The molecule has 40 heavy (non-hydrogen) atoms. The van der Waals surface area contributed by atoms with Crippen molar-refractivity contribution in [2.75, 3.05) is 52.2 Å². The molecule has 8 nitrogen and oxygen atoms in total. The number of nitrogens with zero attached hydrogens (tertiary/aromatic N) is 3. The van der Waals surface area contributed by atoms with Gasteiger partial charge in [0.05, 0.1) is 18.7 Å². The van der Waals surface area contributed by atoms with Crippen molar-refractivity contribution in [3.8, 4) is 0 Å². The summed E-state index contributed by atoms with van der Waals surface area (Å²) in [5, 5.41) is 2.70. The van der Waals surface area contributed by atoms with E-state index in [9.17, 15) is 9.59 Å².